The van der Waals surface area contributed by atoms with Crippen molar-refractivity contribution in [3.05, 3.63) is 75.8 Å². The predicted molar refractivity (Wildman–Crippen MR) is 96.3 cm³/mol. The molecule has 0 spiro atoms. The number of allylic oxidation sites excluding steroid dienone is 2. The number of hydrogen-bond donors (Lipinski definition) is 1. The van der Waals surface area contributed by atoms with Crippen LogP contribution >= 0.6 is 15.9 Å². The maximum absolute atomic E-state index is 3.88. The minimum Gasteiger partial charge on any atom is -0.377 e. The van der Waals surface area contributed by atoms with Gasteiger partial charge in [0, 0.05) is 16.1 Å². The summed E-state index contributed by atoms with van der Waals surface area (Å²) in [5.41, 5.74) is 5.63. The number of hydrogen-bond acceptors (Lipinski definition) is 1. The molecule has 1 heterocycles. The van der Waals surface area contributed by atoms with Crippen LogP contribution in [0.5, 0.6) is 0 Å². The molecule has 0 radical (unpaired) electrons. The third kappa shape index (κ3) is 2.13. The molecular weight excluding hydrogens is 334 g/mol. The van der Waals surface area contributed by atoms with Crippen molar-refractivity contribution in [1.29, 1.82) is 0 Å². The van der Waals surface area contributed by atoms with Crippen LogP contribution < -0.4 is 5.32 Å². The van der Waals surface area contributed by atoms with E-state index in [1.54, 1.807) is 0 Å². The Hall–Kier alpha value is -1.54. The Bertz CT molecular complexity index is 734. The summed E-state index contributed by atoms with van der Waals surface area (Å²) in [6, 6.07) is 15.8. The van der Waals surface area contributed by atoms with Gasteiger partial charge in [0.1, 0.15) is 0 Å². The van der Waals surface area contributed by atoms with Gasteiger partial charge in [0.15, 0.2) is 0 Å². The third-order valence-corrected chi connectivity index (χ3v) is 5.83. The monoisotopic (exact) mass is 353 g/mol. The minimum atomic E-state index is 0.371. The molecule has 2 aliphatic rings. The van der Waals surface area contributed by atoms with Gasteiger partial charge in [-0.25, -0.2) is 0 Å². The molecule has 2 aromatic rings. The van der Waals surface area contributed by atoms with Crippen LogP contribution in [0, 0.1) is 5.92 Å². The number of benzene rings is 2. The van der Waals surface area contributed by atoms with Crippen molar-refractivity contribution in [2.45, 2.75) is 31.7 Å². The lowest BCUT2D eigenvalue weighted by Gasteiger charge is -2.39. The second-order valence-electron chi connectivity index (χ2n) is 6.23. The summed E-state index contributed by atoms with van der Waals surface area (Å²) in [6.07, 6.45) is 6.99. The van der Waals surface area contributed by atoms with Crippen molar-refractivity contribution in [2.24, 2.45) is 5.92 Å². The molecule has 4 rings (SSSR count). The lowest BCUT2D eigenvalue weighted by molar-refractivity contribution is 0.424. The average molecular weight is 354 g/mol. The molecule has 0 saturated heterocycles. The SMILES string of the molecule is CCc1cccc2c1N[C@H](c1ccccc1Br)[C@@H]1CC=C[C@@H]21. The van der Waals surface area contributed by atoms with E-state index in [4.69, 9.17) is 0 Å². The van der Waals surface area contributed by atoms with Crippen LogP contribution in [-0.2, 0) is 6.42 Å². The molecule has 0 unspecified atom stereocenters. The first-order valence-corrected chi connectivity index (χ1v) is 8.88. The summed E-state index contributed by atoms with van der Waals surface area (Å²) in [4.78, 5) is 0. The van der Waals surface area contributed by atoms with Gasteiger partial charge in [-0.3, -0.25) is 0 Å². The third-order valence-electron chi connectivity index (χ3n) is 5.10. The first-order chi connectivity index (χ1) is 10.8. The summed E-state index contributed by atoms with van der Waals surface area (Å²) in [5.74, 6) is 1.15. The molecule has 1 N–H and O–H groups in total. The van der Waals surface area contributed by atoms with Gasteiger partial charge >= 0.3 is 0 Å². The van der Waals surface area contributed by atoms with Crippen LogP contribution in [0.3, 0.4) is 0 Å². The molecule has 3 atom stereocenters. The van der Waals surface area contributed by atoms with Gasteiger partial charge in [-0.1, -0.05) is 71.4 Å². The van der Waals surface area contributed by atoms with Crippen LogP contribution in [-0.4, -0.2) is 0 Å². The van der Waals surface area contributed by atoms with E-state index in [0.29, 0.717) is 17.9 Å². The van der Waals surface area contributed by atoms with Crippen molar-refractivity contribution in [1.82, 2.24) is 0 Å². The first-order valence-electron chi connectivity index (χ1n) is 8.09. The lowest BCUT2D eigenvalue weighted by atomic mass is 9.76. The number of rotatable bonds is 2. The number of aryl methyl sites for hydroxylation is 1. The molecule has 1 aliphatic carbocycles. The molecule has 0 bridgehead atoms. The van der Waals surface area contributed by atoms with Crippen molar-refractivity contribution >= 4 is 21.6 Å². The van der Waals surface area contributed by atoms with Crippen LogP contribution in [0.25, 0.3) is 0 Å². The van der Waals surface area contributed by atoms with Gasteiger partial charge in [-0.15, -0.1) is 0 Å². The van der Waals surface area contributed by atoms with Crippen molar-refractivity contribution < 1.29 is 0 Å². The van der Waals surface area contributed by atoms with E-state index in [2.05, 4.69) is 82.8 Å². The van der Waals surface area contributed by atoms with E-state index in [-0.39, 0.29) is 0 Å². The first kappa shape index (κ1) is 14.1. The Labute approximate surface area is 140 Å². The molecular formula is C20H20BrN. The summed E-state index contributed by atoms with van der Waals surface area (Å²) < 4.78 is 1.20. The van der Waals surface area contributed by atoms with E-state index >= 15 is 0 Å². The highest BCUT2D eigenvalue weighted by Crippen LogP contribution is 2.51. The maximum Gasteiger partial charge on any atom is 0.0565 e. The molecule has 2 aromatic carbocycles. The molecule has 0 amide bonds. The summed E-state index contributed by atoms with van der Waals surface area (Å²) >= 11 is 3.74. The number of nitrogens with one attached hydrogen (secondary N) is 1. The molecule has 0 aromatic heterocycles. The van der Waals surface area contributed by atoms with Gasteiger partial charge < -0.3 is 5.32 Å². The quantitative estimate of drug-likeness (QED) is 0.668. The smallest absolute Gasteiger partial charge is 0.0565 e. The zero-order valence-electron chi connectivity index (χ0n) is 12.7. The van der Waals surface area contributed by atoms with E-state index in [0.717, 1.165) is 12.8 Å². The van der Waals surface area contributed by atoms with Gasteiger partial charge in [0.25, 0.3) is 0 Å². The van der Waals surface area contributed by atoms with E-state index in [1.807, 2.05) is 0 Å². The molecule has 2 heteroatoms. The van der Waals surface area contributed by atoms with E-state index in [1.165, 1.54) is 26.9 Å². The second kappa shape index (κ2) is 5.58. The molecule has 22 heavy (non-hydrogen) atoms. The largest absolute Gasteiger partial charge is 0.377 e. The molecule has 0 fully saturated rings. The fourth-order valence-electron chi connectivity index (χ4n) is 4.02. The number of para-hydroxylation sites is 1. The zero-order valence-corrected chi connectivity index (χ0v) is 14.3. The Morgan fingerprint density at radius 3 is 2.73 bits per heavy atom. The van der Waals surface area contributed by atoms with Crippen LogP contribution in [0.4, 0.5) is 5.69 Å². The maximum atomic E-state index is 3.88. The molecule has 112 valence electrons. The highest BCUT2D eigenvalue weighted by atomic mass is 79.9. The zero-order chi connectivity index (χ0) is 15.1. The minimum absolute atomic E-state index is 0.371. The Morgan fingerprint density at radius 1 is 1.09 bits per heavy atom. The van der Waals surface area contributed by atoms with E-state index < -0.39 is 0 Å². The standard InChI is InChI=1S/C20H20BrN/c1-2-13-7-5-10-15-14-9-6-11-16(14)20(22-19(13)15)17-8-3-4-12-18(17)21/h3-10,12,14,16,20,22H,2,11H2,1H3/t14-,16+,20-/m0/s1. The summed E-state index contributed by atoms with van der Waals surface area (Å²) in [7, 11) is 0. The van der Waals surface area contributed by atoms with Crippen molar-refractivity contribution in [3.63, 3.8) is 0 Å². The van der Waals surface area contributed by atoms with Gasteiger partial charge in [0.2, 0.25) is 0 Å². The molecule has 0 saturated carbocycles. The number of anilines is 1. The van der Waals surface area contributed by atoms with Crippen LogP contribution in [0.15, 0.2) is 59.1 Å². The number of halogens is 1. The molecule has 1 aliphatic heterocycles. The highest BCUT2D eigenvalue weighted by Gasteiger charge is 2.38. The fraction of sp³-hybridized carbons (Fsp3) is 0.300. The lowest BCUT2D eigenvalue weighted by Crippen LogP contribution is -2.30. The number of fused-ring (bicyclic) bond motifs is 3. The second-order valence-corrected chi connectivity index (χ2v) is 7.09. The van der Waals surface area contributed by atoms with Crippen molar-refractivity contribution in [3.8, 4) is 0 Å². The Balaban J connectivity index is 1.85. The van der Waals surface area contributed by atoms with E-state index in [9.17, 15) is 0 Å². The highest BCUT2D eigenvalue weighted by molar-refractivity contribution is 9.10. The molecule has 1 nitrogen and oxygen atoms in total. The Kier molecular flexibility index (Phi) is 3.57. The Morgan fingerprint density at radius 2 is 1.91 bits per heavy atom. The normalized spacial score (nSPS) is 25.5. The topological polar surface area (TPSA) is 12.0 Å². The van der Waals surface area contributed by atoms with Crippen LogP contribution in [0.2, 0.25) is 0 Å². The predicted octanol–water partition coefficient (Wildman–Crippen LogP) is 5.84. The van der Waals surface area contributed by atoms with Gasteiger partial charge in [0.05, 0.1) is 6.04 Å². The van der Waals surface area contributed by atoms with Gasteiger partial charge in [-0.2, -0.15) is 0 Å². The van der Waals surface area contributed by atoms with Crippen LogP contribution in [0.1, 0.15) is 42.0 Å². The van der Waals surface area contributed by atoms with Gasteiger partial charge in [-0.05, 0) is 41.5 Å². The van der Waals surface area contributed by atoms with Crippen molar-refractivity contribution in [2.75, 3.05) is 5.32 Å². The average Bonchev–Trinajstić information content (AvgIpc) is 3.04. The summed E-state index contributed by atoms with van der Waals surface area (Å²) in [6.45, 7) is 2.24. The summed E-state index contributed by atoms with van der Waals surface area (Å²) in [5, 5.41) is 3.88. The fourth-order valence-corrected chi connectivity index (χ4v) is 4.55.